The molecule has 0 radical (unpaired) electrons. The SMILES string of the molecule is COc1ccc(NC(=O)[C@@H](N)C2CCCCC2)c2nonc12. The number of ether oxygens (including phenoxy) is 1. The van der Waals surface area contributed by atoms with Crippen LogP contribution in [0.5, 0.6) is 5.75 Å². The normalized spacial score (nSPS) is 17.4. The number of nitrogens with zero attached hydrogens (tertiary/aromatic N) is 2. The zero-order chi connectivity index (χ0) is 15.5. The van der Waals surface area contributed by atoms with E-state index in [1.165, 1.54) is 6.42 Å². The molecule has 1 amide bonds. The van der Waals surface area contributed by atoms with Crippen LogP contribution in [0.2, 0.25) is 0 Å². The molecule has 1 atom stereocenters. The van der Waals surface area contributed by atoms with E-state index in [9.17, 15) is 4.79 Å². The van der Waals surface area contributed by atoms with Gasteiger partial charge in [-0.05, 0) is 41.2 Å². The third kappa shape index (κ3) is 2.76. The molecule has 1 heterocycles. The van der Waals surface area contributed by atoms with Crippen LogP contribution in [0.3, 0.4) is 0 Å². The number of methoxy groups -OCH3 is 1. The van der Waals surface area contributed by atoms with Gasteiger partial charge in [0, 0.05) is 0 Å². The third-order valence-electron chi connectivity index (χ3n) is 4.32. The Morgan fingerprint density at radius 1 is 1.32 bits per heavy atom. The lowest BCUT2D eigenvalue weighted by Crippen LogP contribution is -2.42. The molecule has 7 nitrogen and oxygen atoms in total. The maximum absolute atomic E-state index is 12.4. The summed E-state index contributed by atoms with van der Waals surface area (Å²) in [5.74, 6) is 0.602. The van der Waals surface area contributed by atoms with Crippen molar-refractivity contribution in [2.24, 2.45) is 11.7 Å². The van der Waals surface area contributed by atoms with Crippen LogP contribution in [0.25, 0.3) is 11.0 Å². The van der Waals surface area contributed by atoms with Gasteiger partial charge in [-0.3, -0.25) is 4.79 Å². The molecule has 118 valence electrons. The van der Waals surface area contributed by atoms with Gasteiger partial charge in [-0.1, -0.05) is 19.3 Å². The summed E-state index contributed by atoms with van der Waals surface area (Å²) in [6, 6.07) is 2.93. The summed E-state index contributed by atoms with van der Waals surface area (Å²) in [6.07, 6.45) is 5.54. The summed E-state index contributed by atoms with van der Waals surface area (Å²) in [5.41, 5.74) is 7.59. The summed E-state index contributed by atoms with van der Waals surface area (Å²) in [5, 5.41) is 10.5. The lowest BCUT2D eigenvalue weighted by molar-refractivity contribution is -0.118. The van der Waals surface area contributed by atoms with E-state index < -0.39 is 6.04 Å². The van der Waals surface area contributed by atoms with E-state index in [1.807, 2.05) is 0 Å². The van der Waals surface area contributed by atoms with E-state index in [-0.39, 0.29) is 11.8 Å². The molecule has 1 fully saturated rings. The summed E-state index contributed by atoms with van der Waals surface area (Å²) in [4.78, 5) is 12.4. The molecule has 1 aromatic carbocycles. The second-order valence-electron chi connectivity index (χ2n) is 5.69. The van der Waals surface area contributed by atoms with Gasteiger partial charge < -0.3 is 15.8 Å². The Balaban J connectivity index is 1.77. The molecule has 7 heteroatoms. The minimum Gasteiger partial charge on any atom is -0.494 e. The highest BCUT2D eigenvalue weighted by Gasteiger charge is 2.27. The summed E-state index contributed by atoms with van der Waals surface area (Å²) in [6.45, 7) is 0. The molecule has 0 spiro atoms. The number of fused-ring (bicyclic) bond motifs is 1. The number of anilines is 1. The maximum Gasteiger partial charge on any atom is 0.241 e. The molecular weight excluding hydrogens is 284 g/mol. The van der Waals surface area contributed by atoms with Crippen molar-refractivity contribution in [3.05, 3.63) is 12.1 Å². The fraction of sp³-hybridized carbons (Fsp3) is 0.533. The number of carbonyl (C=O) groups is 1. The van der Waals surface area contributed by atoms with Crippen LogP contribution in [0, 0.1) is 5.92 Å². The van der Waals surface area contributed by atoms with Crippen molar-refractivity contribution in [3.8, 4) is 5.75 Å². The van der Waals surface area contributed by atoms with Gasteiger partial charge in [0.2, 0.25) is 5.91 Å². The summed E-state index contributed by atoms with van der Waals surface area (Å²) in [7, 11) is 1.54. The van der Waals surface area contributed by atoms with Gasteiger partial charge in [-0.15, -0.1) is 0 Å². The first-order chi connectivity index (χ1) is 10.7. The predicted molar refractivity (Wildman–Crippen MR) is 81.5 cm³/mol. The number of carbonyl (C=O) groups excluding carboxylic acids is 1. The quantitative estimate of drug-likeness (QED) is 0.896. The van der Waals surface area contributed by atoms with Crippen molar-refractivity contribution in [2.45, 2.75) is 38.1 Å². The van der Waals surface area contributed by atoms with Gasteiger partial charge in [0.25, 0.3) is 0 Å². The third-order valence-corrected chi connectivity index (χ3v) is 4.32. The van der Waals surface area contributed by atoms with Crippen LogP contribution in [-0.4, -0.2) is 29.4 Å². The maximum atomic E-state index is 12.4. The smallest absolute Gasteiger partial charge is 0.241 e. The first-order valence-electron chi connectivity index (χ1n) is 7.56. The average Bonchev–Trinajstić information content (AvgIpc) is 3.05. The number of nitrogens with one attached hydrogen (secondary N) is 1. The lowest BCUT2D eigenvalue weighted by atomic mass is 9.84. The molecule has 1 aliphatic rings. The zero-order valence-corrected chi connectivity index (χ0v) is 12.5. The van der Waals surface area contributed by atoms with Gasteiger partial charge in [-0.2, -0.15) is 0 Å². The Labute approximate surface area is 128 Å². The van der Waals surface area contributed by atoms with E-state index in [1.54, 1.807) is 19.2 Å². The van der Waals surface area contributed by atoms with Crippen LogP contribution >= 0.6 is 0 Å². The summed E-state index contributed by atoms with van der Waals surface area (Å²) < 4.78 is 9.93. The van der Waals surface area contributed by atoms with Gasteiger partial charge in [-0.25, -0.2) is 4.63 Å². The highest BCUT2D eigenvalue weighted by molar-refractivity contribution is 6.02. The fourth-order valence-electron chi connectivity index (χ4n) is 3.03. The number of hydrogen-bond donors (Lipinski definition) is 2. The fourth-order valence-corrected chi connectivity index (χ4v) is 3.03. The molecule has 0 bridgehead atoms. The van der Waals surface area contributed by atoms with Crippen molar-refractivity contribution < 1.29 is 14.2 Å². The standard InChI is InChI=1S/C15H20N4O3/c1-21-11-8-7-10(13-14(11)19-22-18-13)17-15(20)12(16)9-5-3-2-4-6-9/h7-9,12H,2-6,16H2,1H3,(H,17,20)/t12-/m0/s1. The molecule has 0 unspecified atom stereocenters. The van der Waals surface area contributed by atoms with Crippen molar-refractivity contribution in [1.29, 1.82) is 0 Å². The van der Waals surface area contributed by atoms with Gasteiger partial charge in [0.05, 0.1) is 18.8 Å². The Bertz CT molecular complexity index is 664. The van der Waals surface area contributed by atoms with Gasteiger partial charge in [0.1, 0.15) is 0 Å². The van der Waals surface area contributed by atoms with E-state index in [0.717, 1.165) is 25.7 Å². The Hall–Kier alpha value is -2.15. The molecular formula is C15H20N4O3. The number of aromatic nitrogens is 2. The Kier molecular flexibility index (Phi) is 4.24. The number of amides is 1. The minimum absolute atomic E-state index is 0.193. The van der Waals surface area contributed by atoms with Crippen LogP contribution in [0.4, 0.5) is 5.69 Å². The number of hydrogen-bond acceptors (Lipinski definition) is 6. The second-order valence-corrected chi connectivity index (χ2v) is 5.69. The van der Waals surface area contributed by atoms with Crippen molar-refractivity contribution in [1.82, 2.24) is 10.3 Å². The second kappa shape index (κ2) is 6.31. The first kappa shape index (κ1) is 14.8. The largest absolute Gasteiger partial charge is 0.494 e. The van der Waals surface area contributed by atoms with E-state index >= 15 is 0 Å². The minimum atomic E-state index is -0.502. The van der Waals surface area contributed by atoms with E-state index in [2.05, 4.69) is 15.6 Å². The highest BCUT2D eigenvalue weighted by atomic mass is 16.6. The Morgan fingerprint density at radius 2 is 2.05 bits per heavy atom. The van der Waals surface area contributed by atoms with Crippen LogP contribution in [0.1, 0.15) is 32.1 Å². The highest BCUT2D eigenvalue weighted by Crippen LogP contribution is 2.30. The monoisotopic (exact) mass is 304 g/mol. The number of rotatable bonds is 4. The topological polar surface area (TPSA) is 103 Å². The average molecular weight is 304 g/mol. The first-order valence-corrected chi connectivity index (χ1v) is 7.56. The molecule has 3 N–H and O–H groups in total. The van der Waals surface area contributed by atoms with Crippen LogP contribution < -0.4 is 15.8 Å². The number of nitrogens with two attached hydrogens (primary N) is 1. The van der Waals surface area contributed by atoms with Crippen molar-refractivity contribution in [3.63, 3.8) is 0 Å². The van der Waals surface area contributed by atoms with Crippen LogP contribution in [0.15, 0.2) is 16.8 Å². The predicted octanol–water partition coefficient (Wildman–Crippen LogP) is 2.08. The molecule has 1 saturated carbocycles. The molecule has 2 aromatic rings. The van der Waals surface area contributed by atoms with E-state index in [0.29, 0.717) is 22.5 Å². The molecule has 0 saturated heterocycles. The molecule has 22 heavy (non-hydrogen) atoms. The lowest BCUT2D eigenvalue weighted by Gasteiger charge is -2.26. The zero-order valence-electron chi connectivity index (χ0n) is 12.5. The van der Waals surface area contributed by atoms with Gasteiger partial charge >= 0.3 is 0 Å². The Morgan fingerprint density at radius 3 is 2.77 bits per heavy atom. The van der Waals surface area contributed by atoms with E-state index in [4.69, 9.17) is 15.1 Å². The van der Waals surface area contributed by atoms with Crippen molar-refractivity contribution in [2.75, 3.05) is 12.4 Å². The van der Waals surface area contributed by atoms with Crippen molar-refractivity contribution >= 4 is 22.6 Å². The summed E-state index contributed by atoms with van der Waals surface area (Å²) >= 11 is 0. The molecule has 0 aliphatic heterocycles. The molecule has 1 aromatic heterocycles. The van der Waals surface area contributed by atoms with Crippen LogP contribution in [-0.2, 0) is 4.79 Å². The van der Waals surface area contributed by atoms with Gasteiger partial charge in [0.15, 0.2) is 16.8 Å². The number of benzene rings is 1. The molecule has 3 rings (SSSR count). The molecule has 1 aliphatic carbocycles.